The molecule has 72 valence electrons. The molecule has 1 rings (SSSR count). The minimum Gasteiger partial charge on any atom is -0.396 e. The van der Waals surface area contributed by atoms with Crippen molar-refractivity contribution in [2.24, 2.45) is 0 Å². The maximum absolute atomic E-state index is 9.14. The lowest BCUT2D eigenvalue weighted by molar-refractivity contribution is 0.262. The van der Waals surface area contributed by atoms with Gasteiger partial charge in [0.1, 0.15) is 0 Å². The molecule has 13 heavy (non-hydrogen) atoms. The number of hydrogen-bond donors (Lipinski definition) is 1. The average Bonchev–Trinajstić information content (AvgIpc) is 2.13. The Bertz CT molecular complexity index is 274. The van der Waals surface area contributed by atoms with E-state index >= 15 is 0 Å². The quantitative estimate of drug-likeness (QED) is 0.754. The molecule has 1 atom stereocenters. The van der Waals surface area contributed by atoms with Crippen LogP contribution >= 0.6 is 0 Å². The second-order valence-electron chi connectivity index (χ2n) is 3.63. The number of aliphatic hydroxyl groups excluding tert-OH is 1. The van der Waals surface area contributed by atoms with E-state index in [4.69, 9.17) is 5.11 Å². The number of benzene rings is 1. The van der Waals surface area contributed by atoms with E-state index in [0.29, 0.717) is 5.92 Å². The van der Waals surface area contributed by atoms with E-state index in [9.17, 15) is 0 Å². The average molecular weight is 178 g/mol. The van der Waals surface area contributed by atoms with Gasteiger partial charge in [-0.05, 0) is 37.0 Å². The molecule has 1 N–H and O–H groups in total. The summed E-state index contributed by atoms with van der Waals surface area (Å²) in [6.07, 6.45) is 0.999. The molecule has 1 aromatic carbocycles. The molecule has 0 saturated carbocycles. The summed E-state index contributed by atoms with van der Waals surface area (Å²) in [5.41, 5.74) is 3.88. The van der Waals surface area contributed by atoms with Gasteiger partial charge in [-0.25, -0.2) is 0 Å². The van der Waals surface area contributed by atoms with Crippen LogP contribution in [0.5, 0.6) is 0 Å². The third kappa shape index (κ3) is 2.31. The summed E-state index contributed by atoms with van der Waals surface area (Å²) >= 11 is 0. The van der Waals surface area contributed by atoms with Crippen molar-refractivity contribution in [2.75, 3.05) is 6.61 Å². The monoisotopic (exact) mass is 178 g/mol. The Morgan fingerprint density at radius 3 is 2.38 bits per heavy atom. The van der Waals surface area contributed by atoms with Gasteiger partial charge < -0.3 is 5.11 Å². The van der Waals surface area contributed by atoms with E-state index in [-0.39, 0.29) is 6.61 Å². The fourth-order valence-electron chi connectivity index (χ4n) is 1.49. The topological polar surface area (TPSA) is 20.2 Å². The summed E-state index contributed by atoms with van der Waals surface area (Å²) in [4.78, 5) is 0. The molecule has 0 aliphatic carbocycles. The van der Waals surface area contributed by atoms with E-state index in [0.717, 1.165) is 6.42 Å². The second-order valence-corrected chi connectivity index (χ2v) is 3.63. The third-order valence-corrected chi connectivity index (χ3v) is 2.72. The highest BCUT2D eigenvalue weighted by molar-refractivity contribution is 5.31. The van der Waals surface area contributed by atoms with Gasteiger partial charge in [0.25, 0.3) is 0 Å². The predicted octanol–water partition coefficient (Wildman–Crippen LogP) is 2.79. The van der Waals surface area contributed by atoms with Crippen LogP contribution < -0.4 is 0 Å². The van der Waals surface area contributed by atoms with Gasteiger partial charge in [-0.3, -0.25) is 0 Å². The first-order chi connectivity index (χ1) is 6.19. The SMILES string of the molecule is CCC(CO)c1ccc(C)c(C)c1. The molecule has 0 fully saturated rings. The normalized spacial score (nSPS) is 12.9. The van der Waals surface area contributed by atoms with Crippen molar-refractivity contribution in [1.82, 2.24) is 0 Å². The molecule has 0 aliphatic rings. The minimum atomic E-state index is 0.249. The van der Waals surface area contributed by atoms with Crippen molar-refractivity contribution in [3.63, 3.8) is 0 Å². The molecule has 0 amide bonds. The van der Waals surface area contributed by atoms with Crippen LogP contribution in [0, 0.1) is 13.8 Å². The van der Waals surface area contributed by atoms with Crippen LogP contribution in [0.4, 0.5) is 0 Å². The summed E-state index contributed by atoms with van der Waals surface area (Å²) in [6.45, 7) is 6.58. The molecule has 1 nitrogen and oxygen atoms in total. The highest BCUT2D eigenvalue weighted by Gasteiger charge is 2.07. The Morgan fingerprint density at radius 2 is 1.92 bits per heavy atom. The van der Waals surface area contributed by atoms with E-state index in [1.54, 1.807) is 0 Å². The maximum atomic E-state index is 9.14. The first kappa shape index (κ1) is 10.3. The molecule has 1 aromatic rings. The molecule has 0 aliphatic heterocycles. The van der Waals surface area contributed by atoms with Gasteiger partial charge in [0.15, 0.2) is 0 Å². The summed E-state index contributed by atoms with van der Waals surface area (Å²) in [5.74, 6) is 0.305. The van der Waals surface area contributed by atoms with E-state index < -0.39 is 0 Å². The molecule has 0 aromatic heterocycles. The van der Waals surface area contributed by atoms with Gasteiger partial charge in [0.05, 0.1) is 0 Å². The lowest BCUT2D eigenvalue weighted by atomic mass is 9.94. The summed E-state index contributed by atoms with van der Waals surface area (Å²) in [6, 6.07) is 6.43. The molecule has 1 unspecified atom stereocenters. The Balaban J connectivity index is 2.95. The summed E-state index contributed by atoms with van der Waals surface area (Å²) in [5, 5.41) is 9.14. The molecule has 1 heteroatoms. The lowest BCUT2D eigenvalue weighted by Gasteiger charge is -2.13. The smallest absolute Gasteiger partial charge is 0.0499 e. The van der Waals surface area contributed by atoms with Crippen LogP contribution in [0.3, 0.4) is 0 Å². The van der Waals surface area contributed by atoms with Crippen molar-refractivity contribution < 1.29 is 5.11 Å². The van der Waals surface area contributed by atoms with Gasteiger partial charge in [-0.2, -0.15) is 0 Å². The first-order valence-corrected chi connectivity index (χ1v) is 4.87. The Morgan fingerprint density at radius 1 is 1.23 bits per heavy atom. The number of aryl methyl sites for hydroxylation is 2. The van der Waals surface area contributed by atoms with Crippen LogP contribution in [0.15, 0.2) is 18.2 Å². The Labute approximate surface area is 80.4 Å². The van der Waals surface area contributed by atoms with E-state index in [2.05, 4.69) is 39.0 Å². The zero-order valence-corrected chi connectivity index (χ0v) is 8.67. The van der Waals surface area contributed by atoms with Crippen molar-refractivity contribution in [3.05, 3.63) is 34.9 Å². The van der Waals surface area contributed by atoms with E-state index in [1.165, 1.54) is 16.7 Å². The van der Waals surface area contributed by atoms with Crippen molar-refractivity contribution >= 4 is 0 Å². The largest absolute Gasteiger partial charge is 0.396 e. The summed E-state index contributed by atoms with van der Waals surface area (Å²) in [7, 11) is 0. The van der Waals surface area contributed by atoms with Crippen LogP contribution in [0.1, 0.15) is 36.0 Å². The number of rotatable bonds is 3. The highest BCUT2D eigenvalue weighted by atomic mass is 16.3. The van der Waals surface area contributed by atoms with Crippen molar-refractivity contribution in [1.29, 1.82) is 0 Å². The third-order valence-electron chi connectivity index (χ3n) is 2.72. The fourth-order valence-corrected chi connectivity index (χ4v) is 1.49. The van der Waals surface area contributed by atoms with Crippen LogP contribution in [0.25, 0.3) is 0 Å². The zero-order chi connectivity index (χ0) is 9.84. The standard InChI is InChI=1S/C12H18O/c1-4-11(8-13)12-6-5-9(2)10(3)7-12/h5-7,11,13H,4,8H2,1-3H3. The number of aliphatic hydroxyl groups is 1. The Hall–Kier alpha value is -0.820. The van der Waals surface area contributed by atoms with Gasteiger partial charge in [-0.15, -0.1) is 0 Å². The van der Waals surface area contributed by atoms with Crippen LogP contribution in [-0.4, -0.2) is 11.7 Å². The highest BCUT2D eigenvalue weighted by Crippen LogP contribution is 2.21. The molecule has 0 bridgehead atoms. The van der Waals surface area contributed by atoms with Crippen molar-refractivity contribution in [2.45, 2.75) is 33.1 Å². The van der Waals surface area contributed by atoms with Gasteiger partial charge in [0.2, 0.25) is 0 Å². The minimum absolute atomic E-state index is 0.249. The molecular formula is C12H18O. The Kier molecular flexibility index (Phi) is 3.49. The first-order valence-electron chi connectivity index (χ1n) is 4.87. The van der Waals surface area contributed by atoms with Crippen LogP contribution in [0.2, 0.25) is 0 Å². The van der Waals surface area contributed by atoms with Crippen LogP contribution in [-0.2, 0) is 0 Å². The molecule has 0 radical (unpaired) electrons. The molecule has 0 spiro atoms. The number of hydrogen-bond acceptors (Lipinski definition) is 1. The molecule has 0 heterocycles. The van der Waals surface area contributed by atoms with E-state index in [1.807, 2.05) is 0 Å². The lowest BCUT2D eigenvalue weighted by Crippen LogP contribution is -2.02. The summed E-state index contributed by atoms with van der Waals surface area (Å²) < 4.78 is 0. The van der Waals surface area contributed by atoms with Gasteiger partial charge in [-0.1, -0.05) is 25.1 Å². The van der Waals surface area contributed by atoms with Crippen molar-refractivity contribution in [3.8, 4) is 0 Å². The molecular weight excluding hydrogens is 160 g/mol. The zero-order valence-electron chi connectivity index (χ0n) is 8.67. The molecule has 0 saturated heterocycles. The van der Waals surface area contributed by atoms with Gasteiger partial charge in [0, 0.05) is 12.5 Å². The fraction of sp³-hybridized carbons (Fsp3) is 0.500. The second kappa shape index (κ2) is 4.43. The maximum Gasteiger partial charge on any atom is 0.0499 e. The van der Waals surface area contributed by atoms with Gasteiger partial charge >= 0.3 is 0 Å². The predicted molar refractivity (Wildman–Crippen MR) is 56.0 cm³/mol.